The van der Waals surface area contributed by atoms with Crippen molar-refractivity contribution in [3.63, 3.8) is 0 Å². The number of aromatic hydroxyl groups is 2. The van der Waals surface area contributed by atoms with Gasteiger partial charge in [0.15, 0.2) is 29.0 Å². The largest absolute Gasteiger partial charge is 0.505 e. The van der Waals surface area contributed by atoms with Crippen LogP contribution in [0.25, 0.3) is 11.1 Å². The topological polar surface area (TPSA) is 107 Å². The van der Waals surface area contributed by atoms with Crippen LogP contribution < -0.4 is 21.7 Å². The highest BCUT2D eigenvalue weighted by molar-refractivity contribution is 6.59. The third-order valence-electron chi connectivity index (χ3n) is 5.09. The lowest BCUT2D eigenvalue weighted by atomic mass is 9.68. The molecule has 6 radical (unpaired) electrons. The van der Waals surface area contributed by atoms with E-state index < -0.39 is 110 Å². The SMILES string of the molecule is [B]c1c([B])c(O)c(O)c(-c2c(F)c(F)c(NC(=O)C3=C(C(=O)O)CC(F)(F)C3)c(F)c2F)c1[B]. The van der Waals surface area contributed by atoms with Crippen LogP contribution >= 0.6 is 0 Å². The Bertz CT molecular complexity index is 1260. The lowest BCUT2D eigenvalue weighted by molar-refractivity contribution is -0.133. The molecule has 0 unspecified atom stereocenters. The van der Waals surface area contributed by atoms with Crippen molar-refractivity contribution in [2.24, 2.45) is 0 Å². The molecule has 0 heterocycles. The van der Waals surface area contributed by atoms with Gasteiger partial charge in [0.1, 0.15) is 35.0 Å². The van der Waals surface area contributed by atoms with Gasteiger partial charge < -0.3 is 20.6 Å². The molecule has 1 amide bonds. The first kappa shape index (κ1) is 25.1. The van der Waals surface area contributed by atoms with Crippen LogP contribution in [-0.2, 0) is 9.59 Å². The second kappa shape index (κ2) is 8.37. The Hall–Kier alpha value is -3.51. The van der Waals surface area contributed by atoms with Crippen molar-refractivity contribution in [2.75, 3.05) is 5.32 Å². The summed E-state index contributed by atoms with van der Waals surface area (Å²) >= 11 is 0. The fourth-order valence-corrected chi connectivity index (χ4v) is 3.40. The monoisotopic (exact) mass is 477 g/mol. The zero-order valence-electron chi connectivity index (χ0n) is 16.6. The highest BCUT2D eigenvalue weighted by Crippen LogP contribution is 2.42. The Morgan fingerprint density at radius 3 is 1.76 bits per heavy atom. The highest BCUT2D eigenvalue weighted by atomic mass is 19.3. The maximum Gasteiger partial charge on any atom is 0.332 e. The molecule has 0 spiro atoms. The number of benzene rings is 2. The molecule has 1 aliphatic rings. The van der Waals surface area contributed by atoms with Gasteiger partial charge >= 0.3 is 5.97 Å². The lowest BCUT2D eigenvalue weighted by Crippen LogP contribution is -2.40. The van der Waals surface area contributed by atoms with Gasteiger partial charge in [0.05, 0.1) is 11.1 Å². The zero-order chi connectivity index (χ0) is 25.9. The number of carboxylic acids is 1. The van der Waals surface area contributed by atoms with E-state index in [4.69, 9.17) is 28.6 Å². The number of rotatable bonds is 4. The molecule has 6 nitrogen and oxygen atoms in total. The minimum atomic E-state index is -3.65. The number of halogens is 6. The van der Waals surface area contributed by atoms with Crippen molar-refractivity contribution in [2.45, 2.75) is 18.8 Å². The summed E-state index contributed by atoms with van der Waals surface area (Å²) in [6.45, 7) is 0. The van der Waals surface area contributed by atoms with E-state index in [1.54, 1.807) is 0 Å². The van der Waals surface area contributed by atoms with E-state index in [1.165, 1.54) is 5.32 Å². The number of carboxylic acid groups (broad SMARTS) is 1. The summed E-state index contributed by atoms with van der Waals surface area (Å²) in [5.41, 5.74) is -8.92. The first-order valence-corrected chi connectivity index (χ1v) is 8.99. The Balaban J connectivity index is 2.17. The normalized spacial score (nSPS) is 15.0. The molecule has 0 fully saturated rings. The third kappa shape index (κ3) is 3.88. The third-order valence-corrected chi connectivity index (χ3v) is 5.09. The number of phenols is 2. The molecule has 4 N–H and O–H groups in total. The van der Waals surface area contributed by atoms with Crippen LogP contribution in [0.5, 0.6) is 11.5 Å². The van der Waals surface area contributed by atoms with Crippen molar-refractivity contribution in [3.05, 3.63) is 34.4 Å². The first-order chi connectivity index (χ1) is 15.6. The lowest BCUT2D eigenvalue weighted by Gasteiger charge is -2.20. The minimum Gasteiger partial charge on any atom is -0.505 e. The predicted molar refractivity (Wildman–Crippen MR) is 109 cm³/mol. The summed E-state index contributed by atoms with van der Waals surface area (Å²) in [4.78, 5) is 23.4. The molecule has 0 atom stereocenters. The summed E-state index contributed by atoms with van der Waals surface area (Å²) in [7, 11) is 16.4. The van der Waals surface area contributed by atoms with Gasteiger partial charge in [0.25, 0.3) is 11.8 Å². The summed E-state index contributed by atoms with van der Waals surface area (Å²) in [5, 5.41) is 30.1. The molecule has 0 bridgehead atoms. The van der Waals surface area contributed by atoms with Crippen molar-refractivity contribution < 1.29 is 51.3 Å². The molecular weight excluding hydrogens is 469 g/mol. The molecule has 2 aromatic rings. The van der Waals surface area contributed by atoms with E-state index in [0.717, 1.165) is 0 Å². The van der Waals surface area contributed by atoms with Gasteiger partial charge in [0.2, 0.25) is 0 Å². The molecule has 15 heteroatoms. The molecule has 3 rings (SSSR count). The molecule has 2 aromatic carbocycles. The van der Waals surface area contributed by atoms with E-state index in [9.17, 15) is 46.1 Å². The van der Waals surface area contributed by atoms with Crippen molar-refractivity contribution in [1.82, 2.24) is 0 Å². The molecule has 0 saturated carbocycles. The van der Waals surface area contributed by atoms with E-state index in [1.807, 2.05) is 0 Å². The zero-order valence-corrected chi connectivity index (χ0v) is 16.6. The molecule has 0 aromatic heterocycles. The van der Waals surface area contributed by atoms with E-state index >= 15 is 0 Å². The highest BCUT2D eigenvalue weighted by Gasteiger charge is 2.44. The van der Waals surface area contributed by atoms with Gasteiger partial charge in [-0.15, -0.1) is 5.46 Å². The molecular formula is C19H8B3F6NO5. The number of nitrogens with one attached hydrogen (secondary N) is 1. The van der Waals surface area contributed by atoms with Gasteiger partial charge in [-0.25, -0.2) is 31.1 Å². The van der Waals surface area contributed by atoms with Gasteiger partial charge in [-0.05, 0) is 0 Å². The van der Waals surface area contributed by atoms with Crippen LogP contribution in [0.15, 0.2) is 11.1 Å². The molecule has 0 aliphatic heterocycles. The number of carbonyl (C=O) groups excluding carboxylic acids is 1. The number of hydrogen-bond donors (Lipinski definition) is 4. The van der Waals surface area contributed by atoms with Crippen LogP contribution in [0, 0.1) is 23.3 Å². The minimum absolute atomic E-state index is 0.683. The molecule has 1 aliphatic carbocycles. The second-order valence-corrected chi connectivity index (χ2v) is 7.25. The Kier molecular flexibility index (Phi) is 6.18. The smallest absolute Gasteiger partial charge is 0.332 e. The van der Waals surface area contributed by atoms with Gasteiger partial charge in [0, 0.05) is 24.0 Å². The molecule has 0 saturated heterocycles. The Morgan fingerprint density at radius 2 is 1.26 bits per heavy atom. The number of alkyl halides is 2. The maximum atomic E-state index is 14.8. The number of hydrogen-bond acceptors (Lipinski definition) is 4. The standard InChI is InChI=1S/C19H8B3F6NO5/c20-7-5(15(30)16(31)9(22)8(7)21)6-10(23)12(25)14(13(26)11(6)24)29-17(32)3-1-19(27,28)2-4(3)18(33)34/h30-31H,1-2H2,(H,29,32)(H,33,34). The molecule has 170 valence electrons. The summed E-state index contributed by atoms with van der Waals surface area (Å²) in [5.74, 6) is -18.9. The predicted octanol–water partition coefficient (Wildman–Crippen LogP) is 0.451. The summed E-state index contributed by atoms with van der Waals surface area (Å²) in [6.07, 6.45) is -2.75. The van der Waals surface area contributed by atoms with Crippen molar-refractivity contribution in [3.8, 4) is 22.6 Å². The number of aliphatic carboxylic acids is 1. The second-order valence-electron chi connectivity index (χ2n) is 7.25. The van der Waals surface area contributed by atoms with Gasteiger partial charge in [-0.1, -0.05) is 10.9 Å². The van der Waals surface area contributed by atoms with Crippen molar-refractivity contribution >= 4 is 57.5 Å². The number of carbonyl (C=O) groups is 2. The van der Waals surface area contributed by atoms with Crippen LogP contribution in [0.1, 0.15) is 12.8 Å². The van der Waals surface area contributed by atoms with Crippen LogP contribution in [0.3, 0.4) is 0 Å². The average Bonchev–Trinajstić information content (AvgIpc) is 3.10. The Labute approximate surface area is 190 Å². The number of amides is 1. The van der Waals surface area contributed by atoms with Gasteiger partial charge in [-0.3, -0.25) is 4.79 Å². The molecule has 34 heavy (non-hydrogen) atoms. The maximum absolute atomic E-state index is 14.8. The first-order valence-electron chi connectivity index (χ1n) is 8.99. The van der Waals surface area contributed by atoms with Gasteiger partial charge in [-0.2, -0.15) is 0 Å². The number of anilines is 1. The van der Waals surface area contributed by atoms with Crippen molar-refractivity contribution in [1.29, 1.82) is 0 Å². The Morgan fingerprint density at radius 1 is 0.765 bits per heavy atom. The quantitative estimate of drug-likeness (QED) is 0.222. The van der Waals surface area contributed by atoms with E-state index in [-0.39, 0.29) is 0 Å². The fourth-order valence-electron chi connectivity index (χ4n) is 3.40. The van der Waals surface area contributed by atoms with Crippen LogP contribution in [0.4, 0.5) is 32.0 Å². The van der Waals surface area contributed by atoms with Crippen LogP contribution in [-0.4, -0.2) is 56.7 Å². The fraction of sp³-hybridized carbons (Fsp3) is 0.158. The van der Waals surface area contributed by atoms with E-state index in [2.05, 4.69) is 0 Å². The number of phenolic OH excluding ortho intramolecular Hbond substituents is 2. The van der Waals surface area contributed by atoms with Crippen LogP contribution in [0.2, 0.25) is 0 Å². The average molecular weight is 477 g/mol. The summed E-state index contributed by atoms with van der Waals surface area (Å²) < 4.78 is 86.1. The van der Waals surface area contributed by atoms with E-state index in [0.29, 0.717) is 0 Å². The summed E-state index contributed by atoms with van der Waals surface area (Å²) in [6, 6.07) is 0.